The summed E-state index contributed by atoms with van der Waals surface area (Å²) in [5, 5.41) is 7.90. The van der Waals surface area contributed by atoms with Crippen molar-refractivity contribution in [1.82, 2.24) is 10.2 Å². The third kappa shape index (κ3) is 3.28. The molecule has 0 radical (unpaired) electrons. The van der Waals surface area contributed by atoms with Crippen LogP contribution in [-0.2, 0) is 11.8 Å². The van der Waals surface area contributed by atoms with E-state index in [1.165, 1.54) is 75.5 Å². The fraction of sp³-hybridized carbons (Fsp3) is 0.900. The van der Waals surface area contributed by atoms with Crippen LogP contribution in [0.15, 0.2) is 6.20 Å². The summed E-state index contributed by atoms with van der Waals surface area (Å²) in [7, 11) is 0. The maximum Gasteiger partial charge on any atom is 0.0522 e. The van der Waals surface area contributed by atoms with Gasteiger partial charge in [-0.3, -0.25) is 5.10 Å². The number of nitrogens with zero attached hydrogens (tertiary/aromatic N) is 1. The quantitative estimate of drug-likeness (QED) is 0.493. The van der Waals surface area contributed by atoms with Gasteiger partial charge in [-0.05, 0) is 103 Å². The Morgan fingerprint density at radius 3 is 2.44 bits per heavy atom. The molecule has 0 bridgehead atoms. The van der Waals surface area contributed by atoms with Crippen molar-refractivity contribution in [1.29, 1.82) is 0 Å². The van der Waals surface area contributed by atoms with Crippen LogP contribution in [0.4, 0.5) is 0 Å². The van der Waals surface area contributed by atoms with E-state index in [1.807, 2.05) is 0 Å². The molecule has 4 aliphatic carbocycles. The second-order valence-corrected chi connectivity index (χ2v) is 14.2. The second kappa shape index (κ2) is 7.88. The Labute approximate surface area is 198 Å². The summed E-state index contributed by atoms with van der Waals surface area (Å²) in [6, 6.07) is 0. The molecule has 180 valence electrons. The molecule has 0 spiro atoms. The minimum absolute atomic E-state index is 0.230. The SMILES string of the molecule is CC(C)CCC[C@@H](C)[C@H]1CC[C@H]2[C@@H]3CC[C@H]4C(C)(C)c5[nH]ncc5C[C@]4(C)[C@H]3CC[C@]12C. The molecule has 1 heterocycles. The highest BCUT2D eigenvalue weighted by atomic mass is 15.1. The lowest BCUT2D eigenvalue weighted by Gasteiger charge is -2.63. The Morgan fingerprint density at radius 2 is 1.69 bits per heavy atom. The Kier molecular flexibility index (Phi) is 5.65. The Bertz CT molecular complexity index is 821. The highest BCUT2D eigenvalue weighted by Crippen LogP contribution is 2.69. The number of nitrogens with one attached hydrogen (secondary N) is 1. The standard InChI is InChI=1S/C30H50N2/c1-19(2)9-8-10-20(3)23-12-13-24-22-11-14-26-28(4,5)27-21(18-31-32-27)17-30(26,7)25(22)15-16-29(23,24)6/h18-20,22-26H,8-17H2,1-7H3,(H,31,32)/t20-,22+,23-,24+,25+,26+,29-,30-/m1/s1. The Hall–Kier alpha value is -0.790. The summed E-state index contributed by atoms with van der Waals surface area (Å²) in [5.74, 6) is 6.38. The molecule has 3 saturated carbocycles. The number of hydrogen-bond acceptors (Lipinski definition) is 1. The second-order valence-electron chi connectivity index (χ2n) is 14.2. The molecule has 5 rings (SSSR count). The van der Waals surface area contributed by atoms with Crippen molar-refractivity contribution in [2.45, 2.75) is 118 Å². The lowest BCUT2D eigenvalue weighted by Crippen LogP contribution is -2.58. The molecule has 2 heteroatoms. The predicted octanol–water partition coefficient (Wildman–Crippen LogP) is 8.18. The summed E-state index contributed by atoms with van der Waals surface area (Å²) in [6.45, 7) is 17.8. The molecular formula is C30H50N2. The van der Waals surface area contributed by atoms with E-state index < -0.39 is 0 Å². The first-order valence-corrected chi connectivity index (χ1v) is 14.1. The van der Waals surface area contributed by atoms with E-state index in [2.05, 4.69) is 64.9 Å². The smallest absolute Gasteiger partial charge is 0.0522 e. The number of aromatic nitrogens is 2. The Balaban J connectivity index is 1.37. The minimum Gasteiger partial charge on any atom is -0.282 e. The van der Waals surface area contributed by atoms with E-state index in [1.54, 1.807) is 0 Å². The van der Waals surface area contributed by atoms with Gasteiger partial charge in [0.2, 0.25) is 0 Å². The monoisotopic (exact) mass is 438 g/mol. The molecule has 3 fully saturated rings. The van der Waals surface area contributed by atoms with E-state index in [0.29, 0.717) is 10.8 Å². The van der Waals surface area contributed by atoms with Crippen molar-refractivity contribution in [3.05, 3.63) is 17.5 Å². The van der Waals surface area contributed by atoms with Crippen LogP contribution in [-0.4, -0.2) is 10.2 Å². The lowest BCUT2D eigenvalue weighted by molar-refractivity contribution is -0.120. The van der Waals surface area contributed by atoms with Gasteiger partial charge in [0.1, 0.15) is 0 Å². The third-order valence-electron chi connectivity index (χ3n) is 11.9. The number of hydrogen-bond donors (Lipinski definition) is 1. The van der Waals surface area contributed by atoms with Crippen molar-refractivity contribution < 1.29 is 0 Å². The molecule has 0 aliphatic heterocycles. The molecule has 4 aliphatic rings. The summed E-state index contributed by atoms with van der Waals surface area (Å²) in [4.78, 5) is 0. The van der Waals surface area contributed by atoms with Gasteiger partial charge in [0, 0.05) is 11.1 Å². The van der Waals surface area contributed by atoms with Crippen LogP contribution in [0, 0.1) is 52.3 Å². The lowest BCUT2D eigenvalue weighted by atomic mass is 9.41. The molecule has 2 nitrogen and oxygen atoms in total. The third-order valence-corrected chi connectivity index (χ3v) is 11.9. The van der Waals surface area contributed by atoms with Crippen LogP contribution in [0.5, 0.6) is 0 Å². The molecule has 1 aromatic rings. The average molecular weight is 439 g/mol. The first kappa shape index (κ1) is 23.0. The molecule has 1 N–H and O–H groups in total. The van der Waals surface area contributed by atoms with Crippen molar-refractivity contribution >= 4 is 0 Å². The largest absolute Gasteiger partial charge is 0.282 e. The van der Waals surface area contributed by atoms with Crippen LogP contribution in [0.3, 0.4) is 0 Å². The zero-order valence-corrected chi connectivity index (χ0v) is 22.1. The van der Waals surface area contributed by atoms with Gasteiger partial charge in [0.05, 0.1) is 6.20 Å². The molecule has 8 atom stereocenters. The van der Waals surface area contributed by atoms with Gasteiger partial charge in [0.15, 0.2) is 0 Å². The normalized spacial score (nSPS) is 43.3. The summed E-state index contributed by atoms with van der Waals surface area (Å²) < 4.78 is 0. The van der Waals surface area contributed by atoms with E-state index in [9.17, 15) is 0 Å². The number of aromatic amines is 1. The molecule has 0 aromatic carbocycles. The number of H-pyrrole nitrogens is 1. The highest BCUT2D eigenvalue weighted by Gasteiger charge is 2.63. The maximum absolute atomic E-state index is 4.50. The fourth-order valence-electron chi connectivity index (χ4n) is 10.5. The van der Waals surface area contributed by atoms with E-state index in [-0.39, 0.29) is 5.41 Å². The molecule has 32 heavy (non-hydrogen) atoms. The first-order chi connectivity index (χ1) is 15.1. The fourth-order valence-corrected chi connectivity index (χ4v) is 10.5. The van der Waals surface area contributed by atoms with Gasteiger partial charge in [-0.1, -0.05) is 67.7 Å². The van der Waals surface area contributed by atoms with Crippen molar-refractivity contribution in [2.75, 3.05) is 0 Å². The number of rotatable bonds is 5. The van der Waals surface area contributed by atoms with Gasteiger partial charge in [0.25, 0.3) is 0 Å². The summed E-state index contributed by atoms with van der Waals surface area (Å²) >= 11 is 0. The van der Waals surface area contributed by atoms with Crippen LogP contribution < -0.4 is 0 Å². The highest BCUT2D eigenvalue weighted by molar-refractivity contribution is 5.33. The van der Waals surface area contributed by atoms with Crippen LogP contribution in [0.25, 0.3) is 0 Å². The topological polar surface area (TPSA) is 28.7 Å². The first-order valence-electron chi connectivity index (χ1n) is 14.1. The van der Waals surface area contributed by atoms with Crippen LogP contribution >= 0.6 is 0 Å². The van der Waals surface area contributed by atoms with Gasteiger partial charge in [-0.15, -0.1) is 0 Å². The van der Waals surface area contributed by atoms with E-state index >= 15 is 0 Å². The number of fused-ring (bicyclic) bond motifs is 6. The van der Waals surface area contributed by atoms with Gasteiger partial charge < -0.3 is 0 Å². The van der Waals surface area contributed by atoms with Crippen LogP contribution in [0.1, 0.15) is 118 Å². The van der Waals surface area contributed by atoms with Gasteiger partial charge in [-0.25, -0.2) is 0 Å². The maximum atomic E-state index is 4.50. The van der Waals surface area contributed by atoms with Crippen molar-refractivity contribution in [3.8, 4) is 0 Å². The van der Waals surface area contributed by atoms with Gasteiger partial charge >= 0.3 is 0 Å². The molecular weight excluding hydrogens is 388 g/mol. The van der Waals surface area contributed by atoms with E-state index in [0.717, 1.165) is 41.4 Å². The molecule has 0 saturated heterocycles. The molecule has 0 unspecified atom stereocenters. The van der Waals surface area contributed by atoms with Crippen LogP contribution in [0.2, 0.25) is 0 Å². The van der Waals surface area contributed by atoms with E-state index in [4.69, 9.17) is 0 Å². The van der Waals surface area contributed by atoms with Crippen molar-refractivity contribution in [2.24, 2.45) is 52.3 Å². The summed E-state index contributed by atoms with van der Waals surface area (Å²) in [6.07, 6.45) is 16.6. The zero-order chi connectivity index (χ0) is 22.9. The summed E-state index contributed by atoms with van der Waals surface area (Å²) in [5.41, 5.74) is 4.24. The van der Waals surface area contributed by atoms with Crippen molar-refractivity contribution in [3.63, 3.8) is 0 Å². The molecule has 0 amide bonds. The minimum atomic E-state index is 0.230. The average Bonchev–Trinajstić information content (AvgIpc) is 3.31. The zero-order valence-electron chi connectivity index (χ0n) is 22.1. The molecule has 1 aromatic heterocycles. The van der Waals surface area contributed by atoms with Gasteiger partial charge in [-0.2, -0.15) is 5.10 Å². The predicted molar refractivity (Wildman–Crippen MR) is 135 cm³/mol. The Morgan fingerprint density at radius 1 is 0.938 bits per heavy atom.